The molecule has 1 aromatic heterocycles. The molecule has 2 aromatic rings. The van der Waals surface area contributed by atoms with Crippen LogP contribution in [0, 0.1) is 0 Å². The van der Waals surface area contributed by atoms with E-state index in [0.717, 1.165) is 22.3 Å². The highest BCUT2D eigenvalue weighted by Crippen LogP contribution is 2.25. The summed E-state index contributed by atoms with van der Waals surface area (Å²) in [6.07, 6.45) is 2.09. The zero-order valence-corrected chi connectivity index (χ0v) is 12.6. The van der Waals surface area contributed by atoms with E-state index in [1.807, 2.05) is 30.3 Å². The van der Waals surface area contributed by atoms with E-state index in [2.05, 4.69) is 11.1 Å². The van der Waals surface area contributed by atoms with E-state index in [-0.39, 0.29) is 12.3 Å². The molecule has 0 saturated carbocycles. The van der Waals surface area contributed by atoms with Crippen LogP contribution in [0.5, 0.6) is 5.75 Å². The predicted molar refractivity (Wildman–Crippen MR) is 82.2 cm³/mol. The van der Waals surface area contributed by atoms with Crippen molar-refractivity contribution in [3.05, 3.63) is 42.6 Å². The minimum atomic E-state index is -0.0995. The number of ether oxygens (including phenoxy) is 1. The number of aromatic nitrogens is 1. The lowest BCUT2D eigenvalue weighted by molar-refractivity contribution is -0.167. The van der Waals surface area contributed by atoms with Crippen molar-refractivity contribution < 1.29 is 14.4 Å². The number of hydroxylamine groups is 2. The second-order valence-electron chi connectivity index (χ2n) is 4.71. The number of benzene rings is 1. The lowest BCUT2D eigenvalue weighted by Gasteiger charge is -2.14. The molecule has 0 spiro atoms. The van der Waals surface area contributed by atoms with Crippen molar-refractivity contribution in [3.8, 4) is 5.75 Å². The topological polar surface area (TPSA) is 43.7 Å². The average molecular weight is 288 g/mol. The van der Waals surface area contributed by atoms with Gasteiger partial charge in [0.1, 0.15) is 5.75 Å². The maximum Gasteiger partial charge on any atom is 0.251 e. The number of fused-ring (bicyclic) bond motifs is 1. The van der Waals surface area contributed by atoms with Gasteiger partial charge in [0.15, 0.2) is 0 Å². The van der Waals surface area contributed by atoms with E-state index in [1.54, 1.807) is 14.2 Å². The Labute approximate surface area is 124 Å². The van der Waals surface area contributed by atoms with Crippen LogP contribution in [0.3, 0.4) is 0 Å². The summed E-state index contributed by atoms with van der Waals surface area (Å²) in [7, 11) is 4.72. The summed E-state index contributed by atoms with van der Waals surface area (Å²) in [4.78, 5) is 17.0. The van der Waals surface area contributed by atoms with Gasteiger partial charge in [0.2, 0.25) is 0 Å². The number of hydrogen-bond acceptors (Lipinski definition) is 3. The van der Waals surface area contributed by atoms with Crippen LogP contribution in [-0.4, -0.2) is 36.8 Å². The highest BCUT2D eigenvalue weighted by molar-refractivity contribution is 5.85. The molecule has 5 heteroatoms. The molecule has 0 N–H and O–H groups in total. The second kappa shape index (κ2) is 6.45. The van der Waals surface area contributed by atoms with Gasteiger partial charge >= 0.3 is 0 Å². The fraction of sp³-hybridized carbons (Fsp3) is 0.312. The average Bonchev–Trinajstić information content (AvgIpc) is 2.83. The lowest BCUT2D eigenvalue weighted by atomic mass is 10.2. The first-order valence-electron chi connectivity index (χ1n) is 6.68. The molecule has 0 saturated heterocycles. The Balaban J connectivity index is 2.43. The number of carbonyl (C=O) groups excluding carboxylic acids is 1. The molecule has 1 aromatic carbocycles. The summed E-state index contributed by atoms with van der Waals surface area (Å²) < 4.78 is 7.32. The largest absolute Gasteiger partial charge is 0.497 e. The Morgan fingerprint density at radius 1 is 1.38 bits per heavy atom. The molecular weight excluding hydrogens is 268 g/mol. The molecule has 21 heavy (non-hydrogen) atoms. The van der Waals surface area contributed by atoms with Gasteiger partial charge in [-0.25, -0.2) is 5.06 Å². The van der Waals surface area contributed by atoms with Crippen molar-refractivity contribution in [2.45, 2.75) is 13.0 Å². The number of amides is 1. The van der Waals surface area contributed by atoms with Gasteiger partial charge in [-0.2, -0.15) is 0 Å². The van der Waals surface area contributed by atoms with Crippen molar-refractivity contribution in [3.63, 3.8) is 0 Å². The fourth-order valence-corrected chi connectivity index (χ4v) is 2.29. The molecule has 0 aliphatic heterocycles. The van der Waals surface area contributed by atoms with E-state index in [0.29, 0.717) is 6.54 Å². The Hall–Kier alpha value is -2.27. The van der Waals surface area contributed by atoms with Crippen LogP contribution in [0.25, 0.3) is 10.9 Å². The number of allylic oxidation sites excluding steroid dienone is 1. The molecule has 0 aliphatic rings. The minimum absolute atomic E-state index is 0.0995. The number of nitrogens with zero attached hydrogens (tertiary/aromatic N) is 2. The van der Waals surface area contributed by atoms with Crippen LogP contribution in [0.1, 0.15) is 5.69 Å². The number of carbonyl (C=O) groups is 1. The summed E-state index contributed by atoms with van der Waals surface area (Å²) in [5, 5.41) is 2.27. The van der Waals surface area contributed by atoms with Crippen LogP contribution < -0.4 is 4.74 Å². The van der Waals surface area contributed by atoms with E-state index in [9.17, 15) is 4.79 Å². The zero-order chi connectivity index (χ0) is 15.4. The van der Waals surface area contributed by atoms with Gasteiger partial charge in [0.05, 0.1) is 20.6 Å². The lowest BCUT2D eigenvalue weighted by Crippen LogP contribution is -2.27. The molecule has 2 rings (SSSR count). The summed E-state index contributed by atoms with van der Waals surface area (Å²) in [6.45, 7) is 4.43. The molecule has 0 fully saturated rings. The van der Waals surface area contributed by atoms with E-state index < -0.39 is 0 Å². The second-order valence-corrected chi connectivity index (χ2v) is 4.71. The molecule has 0 bridgehead atoms. The summed E-state index contributed by atoms with van der Waals surface area (Å²) >= 11 is 0. The molecule has 0 unspecified atom stereocenters. The summed E-state index contributed by atoms with van der Waals surface area (Å²) in [5.74, 6) is 0.697. The van der Waals surface area contributed by atoms with Crippen LogP contribution in [0.2, 0.25) is 0 Å². The first-order valence-corrected chi connectivity index (χ1v) is 6.68. The van der Waals surface area contributed by atoms with Crippen LogP contribution in [0.15, 0.2) is 36.9 Å². The molecule has 112 valence electrons. The molecule has 0 radical (unpaired) electrons. The molecular formula is C16H20N2O3. The number of methoxy groups -OCH3 is 1. The van der Waals surface area contributed by atoms with Gasteiger partial charge in [0.25, 0.3) is 5.91 Å². The first-order chi connectivity index (χ1) is 10.1. The smallest absolute Gasteiger partial charge is 0.251 e. The number of rotatable bonds is 6. The molecule has 5 nitrogen and oxygen atoms in total. The molecule has 1 amide bonds. The highest BCUT2D eigenvalue weighted by Gasteiger charge is 2.15. The SMILES string of the molecule is C=CCn1c(CC(=O)N(C)OC)cc2cc(OC)ccc21. The van der Waals surface area contributed by atoms with E-state index in [4.69, 9.17) is 9.57 Å². The van der Waals surface area contributed by atoms with Gasteiger partial charge in [0, 0.05) is 30.2 Å². The van der Waals surface area contributed by atoms with Crippen molar-refractivity contribution in [2.75, 3.05) is 21.3 Å². The fourth-order valence-electron chi connectivity index (χ4n) is 2.29. The molecule has 0 aliphatic carbocycles. The van der Waals surface area contributed by atoms with Gasteiger partial charge in [-0.05, 0) is 24.3 Å². The van der Waals surface area contributed by atoms with Crippen LogP contribution >= 0.6 is 0 Å². The first kappa shape index (κ1) is 15.1. The third kappa shape index (κ3) is 3.08. The Bertz CT molecular complexity index is 661. The van der Waals surface area contributed by atoms with Gasteiger partial charge in [-0.15, -0.1) is 6.58 Å². The molecule has 1 heterocycles. The monoisotopic (exact) mass is 288 g/mol. The zero-order valence-electron chi connectivity index (χ0n) is 12.6. The van der Waals surface area contributed by atoms with Gasteiger partial charge in [-0.1, -0.05) is 6.08 Å². The predicted octanol–water partition coefficient (Wildman–Crippen LogP) is 2.40. The highest BCUT2D eigenvalue weighted by atomic mass is 16.7. The van der Waals surface area contributed by atoms with Gasteiger partial charge < -0.3 is 9.30 Å². The molecule has 0 atom stereocenters. The van der Waals surface area contributed by atoms with E-state index >= 15 is 0 Å². The minimum Gasteiger partial charge on any atom is -0.497 e. The third-order valence-corrected chi connectivity index (χ3v) is 3.46. The van der Waals surface area contributed by atoms with Crippen LogP contribution in [0.4, 0.5) is 0 Å². The normalized spacial score (nSPS) is 10.6. The Kier molecular flexibility index (Phi) is 4.65. The van der Waals surface area contributed by atoms with Gasteiger partial charge in [-0.3, -0.25) is 9.63 Å². The van der Waals surface area contributed by atoms with Crippen molar-refractivity contribution in [1.82, 2.24) is 9.63 Å². The van der Waals surface area contributed by atoms with Crippen molar-refractivity contribution in [1.29, 1.82) is 0 Å². The summed E-state index contributed by atoms with van der Waals surface area (Å²) in [5.41, 5.74) is 1.98. The maximum atomic E-state index is 12.0. The Morgan fingerprint density at radius 2 is 2.14 bits per heavy atom. The maximum absolute atomic E-state index is 12.0. The Morgan fingerprint density at radius 3 is 2.76 bits per heavy atom. The van der Waals surface area contributed by atoms with Crippen LogP contribution in [-0.2, 0) is 22.6 Å². The summed E-state index contributed by atoms with van der Waals surface area (Å²) in [6, 6.07) is 7.87. The van der Waals surface area contributed by atoms with Crippen molar-refractivity contribution in [2.24, 2.45) is 0 Å². The number of hydrogen-bond donors (Lipinski definition) is 0. The number of likely N-dealkylation sites (N-methyl/N-ethyl adjacent to an activating group) is 1. The third-order valence-electron chi connectivity index (χ3n) is 3.46. The van der Waals surface area contributed by atoms with E-state index in [1.165, 1.54) is 12.2 Å². The standard InChI is InChI=1S/C16H20N2O3/c1-5-8-18-13(11-16(19)17(2)21-4)9-12-10-14(20-3)6-7-15(12)18/h5-7,9-10H,1,8,11H2,2-4H3. The quantitative estimate of drug-likeness (QED) is 0.605. The van der Waals surface area contributed by atoms with Crippen molar-refractivity contribution >= 4 is 16.8 Å².